The first-order chi connectivity index (χ1) is 9.40. The molecule has 0 aromatic heterocycles. The van der Waals surface area contributed by atoms with Crippen molar-refractivity contribution in [2.45, 2.75) is 19.4 Å². The van der Waals surface area contributed by atoms with E-state index in [0.717, 1.165) is 31.0 Å². The first-order valence-corrected chi connectivity index (χ1v) is 7.15. The number of benzene rings is 1. The van der Waals surface area contributed by atoms with E-state index in [0.29, 0.717) is 6.54 Å². The molecule has 1 aromatic carbocycles. The van der Waals surface area contributed by atoms with Crippen molar-refractivity contribution >= 4 is 0 Å². The summed E-state index contributed by atoms with van der Waals surface area (Å²) in [5.74, 6) is 0.951. The summed E-state index contributed by atoms with van der Waals surface area (Å²) in [6, 6.07) is 8.10. The minimum Gasteiger partial charge on any atom is -0.492 e. The molecule has 19 heavy (non-hydrogen) atoms. The van der Waals surface area contributed by atoms with E-state index in [1.54, 1.807) is 0 Å². The lowest BCUT2D eigenvalue weighted by Crippen LogP contribution is -2.25. The zero-order valence-corrected chi connectivity index (χ0v) is 11.5. The van der Waals surface area contributed by atoms with Crippen molar-refractivity contribution in [3.63, 3.8) is 0 Å². The third-order valence-electron chi connectivity index (χ3n) is 3.44. The molecule has 0 spiro atoms. The molecule has 1 aromatic rings. The zero-order valence-electron chi connectivity index (χ0n) is 11.5. The van der Waals surface area contributed by atoms with Gasteiger partial charge in [0, 0.05) is 25.2 Å². The average Bonchev–Trinajstić information content (AvgIpc) is 2.94. The van der Waals surface area contributed by atoms with Crippen LogP contribution in [-0.2, 0) is 6.54 Å². The van der Waals surface area contributed by atoms with E-state index in [1.165, 1.54) is 25.9 Å². The fraction of sp³-hybridized carbons (Fsp3) is 0.600. The van der Waals surface area contributed by atoms with Crippen LogP contribution in [0.1, 0.15) is 18.4 Å². The molecule has 0 atom stereocenters. The molecule has 0 bridgehead atoms. The van der Waals surface area contributed by atoms with Crippen LogP contribution in [0.4, 0.5) is 0 Å². The number of aliphatic hydroxyl groups excluding tert-OH is 1. The predicted molar refractivity (Wildman–Crippen MR) is 76.4 cm³/mol. The molecule has 0 unspecified atom stereocenters. The minimum absolute atomic E-state index is 0.165. The summed E-state index contributed by atoms with van der Waals surface area (Å²) in [6.07, 6.45) is 2.64. The second kappa shape index (κ2) is 8.15. The van der Waals surface area contributed by atoms with E-state index >= 15 is 0 Å². The maximum Gasteiger partial charge on any atom is 0.123 e. The zero-order chi connectivity index (χ0) is 13.3. The molecule has 1 aliphatic rings. The normalized spacial score (nSPS) is 15.8. The molecular weight excluding hydrogens is 240 g/mol. The van der Waals surface area contributed by atoms with Gasteiger partial charge in [-0.1, -0.05) is 18.2 Å². The Morgan fingerprint density at radius 3 is 2.79 bits per heavy atom. The number of likely N-dealkylation sites (tertiary alicyclic amines) is 1. The van der Waals surface area contributed by atoms with Crippen molar-refractivity contribution in [1.29, 1.82) is 0 Å². The number of ether oxygens (including phenoxy) is 1. The van der Waals surface area contributed by atoms with Gasteiger partial charge in [0.15, 0.2) is 0 Å². The highest BCUT2D eigenvalue weighted by atomic mass is 16.5. The molecule has 4 nitrogen and oxygen atoms in total. The fourth-order valence-electron chi connectivity index (χ4n) is 2.38. The largest absolute Gasteiger partial charge is 0.492 e. The molecular formula is C15H24N2O2. The summed E-state index contributed by atoms with van der Waals surface area (Å²) in [5, 5.41) is 12.0. The number of para-hydroxylation sites is 1. The lowest BCUT2D eigenvalue weighted by atomic mass is 10.2. The molecule has 1 heterocycles. The van der Waals surface area contributed by atoms with Gasteiger partial charge in [-0.15, -0.1) is 0 Å². The number of nitrogens with zero attached hydrogens (tertiary/aromatic N) is 1. The van der Waals surface area contributed by atoms with Gasteiger partial charge in [-0.05, 0) is 32.0 Å². The monoisotopic (exact) mass is 264 g/mol. The number of aliphatic hydroxyl groups is 1. The van der Waals surface area contributed by atoms with Gasteiger partial charge in [0.05, 0.1) is 6.61 Å². The molecule has 0 amide bonds. The second-order valence-electron chi connectivity index (χ2n) is 4.91. The van der Waals surface area contributed by atoms with Crippen LogP contribution >= 0.6 is 0 Å². The van der Waals surface area contributed by atoms with Crippen LogP contribution in [0, 0.1) is 0 Å². The highest BCUT2D eigenvalue weighted by Crippen LogP contribution is 2.17. The van der Waals surface area contributed by atoms with E-state index in [4.69, 9.17) is 9.84 Å². The number of hydrogen-bond acceptors (Lipinski definition) is 4. The van der Waals surface area contributed by atoms with Gasteiger partial charge in [0.2, 0.25) is 0 Å². The molecule has 0 radical (unpaired) electrons. The lowest BCUT2D eigenvalue weighted by Gasteiger charge is -2.16. The maximum absolute atomic E-state index is 8.78. The van der Waals surface area contributed by atoms with E-state index in [2.05, 4.69) is 16.3 Å². The number of hydrogen-bond donors (Lipinski definition) is 2. The predicted octanol–water partition coefficient (Wildman–Crippen LogP) is 1.24. The average molecular weight is 264 g/mol. The van der Waals surface area contributed by atoms with Crippen LogP contribution < -0.4 is 10.1 Å². The Bertz CT molecular complexity index is 365. The van der Waals surface area contributed by atoms with Crippen LogP contribution in [-0.4, -0.2) is 49.4 Å². The third-order valence-corrected chi connectivity index (χ3v) is 3.44. The summed E-state index contributed by atoms with van der Waals surface area (Å²) in [6.45, 7) is 5.70. The smallest absolute Gasteiger partial charge is 0.123 e. The Morgan fingerprint density at radius 1 is 1.21 bits per heavy atom. The van der Waals surface area contributed by atoms with E-state index < -0.39 is 0 Å². The van der Waals surface area contributed by atoms with Gasteiger partial charge in [-0.2, -0.15) is 0 Å². The van der Waals surface area contributed by atoms with Gasteiger partial charge >= 0.3 is 0 Å². The number of nitrogens with one attached hydrogen (secondary N) is 1. The molecule has 1 aliphatic heterocycles. The summed E-state index contributed by atoms with van der Waals surface area (Å²) < 4.78 is 5.89. The van der Waals surface area contributed by atoms with Crippen molar-refractivity contribution in [2.24, 2.45) is 0 Å². The summed E-state index contributed by atoms with van der Waals surface area (Å²) in [4.78, 5) is 2.45. The highest BCUT2D eigenvalue weighted by molar-refractivity contribution is 5.33. The van der Waals surface area contributed by atoms with Gasteiger partial charge in [0.25, 0.3) is 0 Å². The van der Waals surface area contributed by atoms with Gasteiger partial charge in [0.1, 0.15) is 12.4 Å². The summed E-state index contributed by atoms with van der Waals surface area (Å²) >= 11 is 0. The molecule has 106 valence electrons. The van der Waals surface area contributed by atoms with Crippen LogP contribution in [0.25, 0.3) is 0 Å². The highest BCUT2D eigenvalue weighted by Gasteiger charge is 2.11. The van der Waals surface area contributed by atoms with Crippen LogP contribution in [0.5, 0.6) is 5.75 Å². The van der Waals surface area contributed by atoms with E-state index in [9.17, 15) is 0 Å². The number of rotatable bonds is 8. The maximum atomic E-state index is 8.78. The Hall–Kier alpha value is -1.10. The van der Waals surface area contributed by atoms with Crippen molar-refractivity contribution in [3.8, 4) is 5.75 Å². The Morgan fingerprint density at radius 2 is 2.00 bits per heavy atom. The van der Waals surface area contributed by atoms with Crippen molar-refractivity contribution < 1.29 is 9.84 Å². The van der Waals surface area contributed by atoms with Gasteiger partial charge in [-0.25, -0.2) is 0 Å². The Balaban J connectivity index is 1.77. The van der Waals surface area contributed by atoms with Gasteiger partial charge < -0.3 is 15.2 Å². The Labute approximate surface area is 115 Å². The van der Waals surface area contributed by atoms with Crippen LogP contribution in [0.3, 0.4) is 0 Å². The van der Waals surface area contributed by atoms with Crippen molar-refractivity contribution in [2.75, 3.05) is 39.4 Å². The topological polar surface area (TPSA) is 44.7 Å². The van der Waals surface area contributed by atoms with E-state index in [1.807, 2.05) is 18.2 Å². The quantitative estimate of drug-likeness (QED) is 0.694. The van der Waals surface area contributed by atoms with Gasteiger partial charge in [-0.3, -0.25) is 4.90 Å². The molecule has 0 aliphatic carbocycles. The van der Waals surface area contributed by atoms with Crippen molar-refractivity contribution in [1.82, 2.24) is 10.2 Å². The molecule has 2 N–H and O–H groups in total. The molecule has 2 rings (SSSR count). The second-order valence-corrected chi connectivity index (χ2v) is 4.91. The molecule has 1 saturated heterocycles. The Kier molecular flexibility index (Phi) is 6.14. The first-order valence-electron chi connectivity index (χ1n) is 7.15. The minimum atomic E-state index is 0.165. The first kappa shape index (κ1) is 14.3. The summed E-state index contributed by atoms with van der Waals surface area (Å²) in [7, 11) is 0. The fourth-order valence-corrected chi connectivity index (χ4v) is 2.38. The third kappa shape index (κ3) is 4.82. The molecule has 4 heteroatoms. The van der Waals surface area contributed by atoms with Crippen LogP contribution in [0.15, 0.2) is 24.3 Å². The van der Waals surface area contributed by atoms with Crippen LogP contribution in [0.2, 0.25) is 0 Å². The SMILES string of the molecule is OCCNCc1ccccc1OCCN1CCCC1. The van der Waals surface area contributed by atoms with Crippen molar-refractivity contribution in [3.05, 3.63) is 29.8 Å². The standard InChI is InChI=1S/C15H24N2O2/c18-11-7-16-13-14-5-1-2-6-15(14)19-12-10-17-8-3-4-9-17/h1-2,5-6,16,18H,3-4,7-13H2. The summed E-state index contributed by atoms with van der Waals surface area (Å²) in [5.41, 5.74) is 1.15. The molecule has 0 saturated carbocycles. The van der Waals surface area contributed by atoms with E-state index in [-0.39, 0.29) is 6.61 Å². The lowest BCUT2D eigenvalue weighted by molar-refractivity contribution is 0.235. The molecule has 1 fully saturated rings.